The molecule has 0 aliphatic carbocycles. The molecule has 0 saturated carbocycles. The monoisotopic (exact) mass is 875 g/mol. The average molecular weight is 877 g/mol. The number of nitrogens with zero attached hydrogens (tertiary/aromatic N) is 2. The topological polar surface area (TPSA) is 88.1 Å². The Morgan fingerprint density at radius 2 is 1.69 bits per heavy atom. The van der Waals surface area contributed by atoms with E-state index in [-0.39, 0.29) is 34.8 Å². The molecule has 7 nitrogen and oxygen atoms in total. The van der Waals surface area contributed by atoms with E-state index in [0.29, 0.717) is 30.6 Å². The Hall–Kier alpha value is -4.59. The van der Waals surface area contributed by atoms with Crippen LogP contribution in [0.4, 0.5) is 4.39 Å². The molecule has 11 heteroatoms. The maximum absolute atomic E-state index is 14.2. The van der Waals surface area contributed by atoms with Gasteiger partial charge in [0.05, 0.1) is 19.8 Å². The molecule has 5 rings (SSSR count). The van der Waals surface area contributed by atoms with Crippen LogP contribution in [0.1, 0.15) is 35.2 Å². The van der Waals surface area contributed by atoms with E-state index in [0.717, 1.165) is 22.9 Å². The number of halogens is 3. The number of benzene rings is 4. The lowest BCUT2D eigenvalue weighted by atomic mass is 9.99. The minimum atomic E-state index is -0.736. The van der Waals surface area contributed by atoms with Crippen molar-refractivity contribution in [3.63, 3.8) is 0 Å². The van der Waals surface area contributed by atoms with Crippen molar-refractivity contribution in [3.05, 3.63) is 175 Å². The fourth-order valence-electron chi connectivity index (χ4n) is 5.13. The standard InChI is InChI=1S/C40H32BrFIN3O4S/c1-3-5-19-30(4-2)46-39(49)31(21-26-22-32(41)37(34(43)23-26)50-24-29-18-12-13-20-33(29)42)38(48)45-40(46)51-25-35(47)44-36(27-14-8-6-9-15-27)28-16-10-7-11-17-28/h3-23,36H,1,24-25H2,2H3,(H,44,47)/b19-5-,30-4+,31-21+. The van der Waals surface area contributed by atoms with Gasteiger partial charge in [0, 0.05) is 11.3 Å². The van der Waals surface area contributed by atoms with Crippen molar-refractivity contribution >= 4 is 79.2 Å². The third-order valence-corrected chi connectivity index (χ3v) is 9.90. The molecule has 0 fully saturated rings. The van der Waals surface area contributed by atoms with Gasteiger partial charge < -0.3 is 10.1 Å². The number of ether oxygens (including phenoxy) is 1. The van der Waals surface area contributed by atoms with Crippen LogP contribution >= 0.6 is 50.3 Å². The Morgan fingerprint density at radius 1 is 1.04 bits per heavy atom. The van der Waals surface area contributed by atoms with Crippen molar-refractivity contribution in [2.24, 2.45) is 4.99 Å². The molecule has 0 bridgehead atoms. The van der Waals surface area contributed by atoms with Crippen LogP contribution in [0, 0.1) is 9.39 Å². The van der Waals surface area contributed by atoms with Crippen LogP contribution in [0.25, 0.3) is 6.08 Å². The number of amides is 3. The number of rotatable bonds is 12. The summed E-state index contributed by atoms with van der Waals surface area (Å²) in [5, 5.41) is 3.16. The minimum Gasteiger partial charge on any atom is -0.486 e. The second-order valence-electron chi connectivity index (χ2n) is 11.0. The van der Waals surface area contributed by atoms with Crippen LogP contribution in [0.5, 0.6) is 5.75 Å². The zero-order valence-electron chi connectivity index (χ0n) is 27.4. The molecule has 0 unspecified atom stereocenters. The maximum atomic E-state index is 14.2. The Bertz CT molecular complexity index is 2010. The molecule has 4 aromatic rings. The van der Waals surface area contributed by atoms with E-state index in [1.54, 1.807) is 61.6 Å². The quantitative estimate of drug-likeness (QED) is 0.0665. The molecular weight excluding hydrogens is 844 g/mol. The van der Waals surface area contributed by atoms with Crippen molar-refractivity contribution in [2.75, 3.05) is 5.75 Å². The molecule has 258 valence electrons. The molecule has 1 heterocycles. The lowest BCUT2D eigenvalue weighted by Gasteiger charge is -2.28. The molecule has 1 aliphatic rings. The number of nitrogens with one attached hydrogen (secondary N) is 1. The Labute approximate surface area is 322 Å². The molecule has 0 atom stereocenters. The highest BCUT2D eigenvalue weighted by Gasteiger charge is 2.35. The van der Waals surface area contributed by atoms with Gasteiger partial charge in [0.15, 0.2) is 5.17 Å². The van der Waals surface area contributed by atoms with E-state index in [2.05, 4.69) is 55.4 Å². The first-order chi connectivity index (χ1) is 24.7. The number of hydrogen-bond donors (Lipinski definition) is 1. The number of carbonyl (C=O) groups excluding carboxylic acids is 3. The molecule has 0 radical (unpaired) electrons. The highest BCUT2D eigenvalue weighted by Crippen LogP contribution is 2.34. The van der Waals surface area contributed by atoms with Gasteiger partial charge in [0.1, 0.15) is 23.7 Å². The van der Waals surface area contributed by atoms with Crippen LogP contribution in [-0.4, -0.2) is 33.5 Å². The SMILES string of the molecule is C=C/C=C\C(=C/C)N1C(=O)/C(=C/c2cc(Br)c(OCc3ccccc3F)c(I)c2)C(=O)N=C1SCC(=O)NC(c1ccccc1)c1ccccc1. The summed E-state index contributed by atoms with van der Waals surface area (Å²) < 4.78 is 21.3. The highest BCUT2D eigenvalue weighted by molar-refractivity contribution is 14.1. The fraction of sp³-hybridized carbons (Fsp3) is 0.100. The van der Waals surface area contributed by atoms with E-state index < -0.39 is 17.9 Å². The average Bonchev–Trinajstić information content (AvgIpc) is 3.13. The van der Waals surface area contributed by atoms with Gasteiger partial charge in [0.2, 0.25) is 5.91 Å². The first-order valence-electron chi connectivity index (χ1n) is 15.7. The summed E-state index contributed by atoms with van der Waals surface area (Å²) in [5.41, 5.74) is 3.07. The van der Waals surface area contributed by atoms with Crippen LogP contribution in [0.3, 0.4) is 0 Å². The second kappa shape index (κ2) is 18.1. The third kappa shape index (κ3) is 9.60. The normalized spacial score (nSPS) is 14.3. The van der Waals surface area contributed by atoms with Crippen LogP contribution in [-0.2, 0) is 21.0 Å². The first kappa shape index (κ1) is 37.7. The van der Waals surface area contributed by atoms with Crippen molar-refractivity contribution in [1.82, 2.24) is 10.2 Å². The van der Waals surface area contributed by atoms with Crippen LogP contribution in [0.2, 0.25) is 0 Å². The number of aliphatic imine (C=N–C) groups is 1. The highest BCUT2D eigenvalue weighted by atomic mass is 127. The first-order valence-corrected chi connectivity index (χ1v) is 18.6. The van der Waals surface area contributed by atoms with Gasteiger partial charge in [-0.2, -0.15) is 4.99 Å². The largest absolute Gasteiger partial charge is 0.486 e. The molecule has 51 heavy (non-hydrogen) atoms. The zero-order valence-corrected chi connectivity index (χ0v) is 32.0. The fourth-order valence-corrected chi connectivity index (χ4v) is 7.70. The summed E-state index contributed by atoms with van der Waals surface area (Å²) in [7, 11) is 0. The van der Waals surface area contributed by atoms with E-state index in [4.69, 9.17) is 4.74 Å². The van der Waals surface area contributed by atoms with Crippen molar-refractivity contribution < 1.29 is 23.5 Å². The second-order valence-corrected chi connectivity index (χ2v) is 14.0. The summed E-state index contributed by atoms with van der Waals surface area (Å²) in [6.45, 7) is 5.50. The lowest BCUT2D eigenvalue weighted by Crippen LogP contribution is -2.42. The summed E-state index contributed by atoms with van der Waals surface area (Å²) in [6.07, 6.45) is 8.10. The molecular formula is C40H32BrFIN3O4S. The molecule has 1 N–H and O–H groups in total. The lowest BCUT2D eigenvalue weighted by molar-refractivity contribution is -0.126. The van der Waals surface area contributed by atoms with Gasteiger partial charge >= 0.3 is 0 Å². The summed E-state index contributed by atoms with van der Waals surface area (Å²) in [4.78, 5) is 46.6. The van der Waals surface area contributed by atoms with E-state index in [1.165, 1.54) is 17.0 Å². The maximum Gasteiger partial charge on any atom is 0.285 e. The predicted molar refractivity (Wildman–Crippen MR) is 213 cm³/mol. The number of allylic oxidation sites excluding steroid dienone is 4. The molecule has 0 saturated heterocycles. The van der Waals surface area contributed by atoms with Crippen molar-refractivity contribution in [3.8, 4) is 5.75 Å². The van der Waals surface area contributed by atoms with Crippen molar-refractivity contribution in [2.45, 2.75) is 19.6 Å². The summed E-state index contributed by atoms with van der Waals surface area (Å²) in [6, 6.07) is 28.7. The van der Waals surface area contributed by atoms with Gasteiger partial charge in [-0.25, -0.2) is 4.39 Å². The van der Waals surface area contributed by atoms with Gasteiger partial charge in [-0.3, -0.25) is 19.3 Å². The minimum absolute atomic E-state index is 0.0182. The summed E-state index contributed by atoms with van der Waals surface area (Å²) >= 11 is 6.60. The molecule has 1 aliphatic heterocycles. The van der Waals surface area contributed by atoms with E-state index in [1.807, 2.05) is 60.7 Å². The Balaban J connectivity index is 1.39. The van der Waals surface area contributed by atoms with E-state index in [9.17, 15) is 18.8 Å². The number of hydrogen-bond acceptors (Lipinski definition) is 5. The van der Waals surface area contributed by atoms with Crippen molar-refractivity contribution in [1.29, 1.82) is 0 Å². The van der Waals surface area contributed by atoms with Gasteiger partial charge in [0.25, 0.3) is 11.8 Å². The zero-order chi connectivity index (χ0) is 36.3. The predicted octanol–water partition coefficient (Wildman–Crippen LogP) is 9.17. The van der Waals surface area contributed by atoms with Gasteiger partial charge in [-0.15, -0.1) is 0 Å². The third-order valence-electron chi connectivity index (χ3n) is 7.57. The van der Waals surface area contributed by atoms with Crippen LogP contribution in [0.15, 0.2) is 149 Å². The number of thioether (sulfide) groups is 1. The number of amidine groups is 1. The van der Waals surface area contributed by atoms with Gasteiger partial charge in [-0.1, -0.05) is 115 Å². The van der Waals surface area contributed by atoms with E-state index >= 15 is 0 Å². The number of carbonyl (C=O) groups is 3. The van der Waals surface area contributed by atoms with Gasteiger partial charge in [-0.05, 0) is 92.5 Å². The molecule has 0 aromatic heterocycles. The summed E-state index contributed by atoms with van der Waals surface area (Å²) in [5.74, 6) is -1.62. The molecule has 4 aromatic carbocycles. The molecule has 0 spiro atoms. The Kier molecular flexibility index (Phi) is 13.3. The van der Waals surface area contributed by atoms with Crippen LogP contribution < -0.4 is 10.1 Å². The molecule has 3 amide bonds. The Morgan fingerprint density at radius 3 is 2.29 bits per heavy atom. The smallest absolute Gasteiger partial charge is 0.285 e.